The Bertz CT molecular complexity index is 603. The molecule has 5 saturated carbocycles. The van der Waals surface area contributed by atoms with Gasteiger partial charge in [-0.3, -0.25) is 0 Å². The maximum Gasteiger partial charge on any atom is -0.0201 e. The van der Waals surface area contributed by atoms with Crippen LogP contribution in [0.1, 0.15) is 98.3 Å². The Morgan fingerprint density at radius 2 is 1.50 bits per heavy atom. The molecule has 9 atom stereocenters. The predicted octanol–water partition coefficient (Wildman–Crippen LogP) is 7.64. The van der Waals surface area contributed by atoms with E-state index in [0.29, 0.717) is 16.2 Å². The molecule has 0 aromatic carbocycles. The zero-order valence-electron chi connectivity index (χ0n) is 17.9. The van der Waals surface area contributed by atoms with Gasteiger partial charge < -0.3 is 0 Å². The lowest BCUT2D eigenvalue weighted by Crippen LogP contribution is -2.59. The third-order valence-electron chi connectivity index (χ3n) is 11.5. The van der Waals surface area contributed by atoms with Gasteiger partial charge in [-0.2, -0.15) is 0 Å². The maximum atomic E-state index is 4.45. The minimum absolute atomic E-state index is 0.592. The minimum atomic E-state index is 0.592. The first-order chi connectivity index (χ1) is 12.3. The topological polar surface area (TPSA) is 0 Å². The fraction of sp³-hybridized carbons (Fsp3) is 0.923. The molecule has 5 fully saturated rings. The molecule has 5 aliphatic carbocycles. The van der Waals surface area contributed by atoms with Crippen LogP contribution in [0.2, 0.25) is 0 Å². The third-order valence-corrected chi connectivity index (χ3v) is 11.5. The second-order valence-electron chi connectivity index (χ2n) is 12.2. The second-order valence-corrected chi connectivity index (χ2v) is 12.2. The van der Waals surface area contributed by atoms with E-state index in [2.05, 4.69) is 34.3 Å². The molecule has 0 spiro atoms. The van der Waals surface area contributed by atoms with E-state index in [1.165, 1.54) is 51.4 Å². The van der Waals surface area contributed by atoms with Crippen LogP contribution >= 0.6 is 0 Å². The van der Waals surface area contributed by atoms with Gasteiger partial charge in [-0.25, -0.2) is 0 Å². The largest absolute Gasteiger partial charge is 0.0996 e. The van der Waals surface area contributed by atoms with Crippen LogP contribution in [-0.4, -0.2) is 0 Å². The van der Waals surface area contributed by atoms with Crippen molar-refractivity contribution >= 4 is 0 Å². The van der Waals surface area contributed by atoms with E-state index in [1.54, 1.807) is 24.8 Å². The Morgan fingerprint density at radius 3 is 2.31 bits per heavy atom. The molecule has 9 unspecified atom stereocenters. The van der Waals surface area contributed by atoms with Crippen molar-refractivity contribution in [2.24, 2.45) is 51.8 Å². The minimum Gasteiger partial charge on any atom is -0.0996 e. The van der Waals surface area contributed by atoms with Crippen molar-refractivity contribution in [1.82, 2.24) is 0 Å². The average molecular weight is 355 g/mol. The SMILES string of the molecule is C=C1CCC2(C)C(CCC3(C)C4CCC5(C)CCCC5C4CCC23)C1C. The first-order valence-electron chi connectivity index (χ1n) is 12.0. The van der Waals surface area contributed by atoms with Crippen molar-refractivity contribution < 1.29 is 0 Å². The van der Waals surface area contributed by atoms with Crippen LogP contribution in [-0.2, 0) is 0 Å². The lowest BCUT2D eigenvalue weighted by Gasteiger charge is -2.67. The normalized spacial score (nSPS) is 59.2. The van der Waals surface area contributed by atoms with Crippen LogP contribution in [0.4, 0.5) is 0 Å². The molecule has 0 aliphatic heterocycles. The highest BCUT2D eigenvalue weighted by molar-refractivity contribution is 5.17. The lowest BCUT2D eigenvalue weighted by molar-refractivity contribution is -0.175. The van der Waals surface area contributed by atoms with Gasteiger partial charge in [0.05, 0.1) is 0 Å². The highest BCUT2D eigenvalue weighted by Gasteiger charge is 2.63. The fourth-order valence-corrected chi connectivity index (χ4v) is 10.1. The third kappa shape index (κ3) is 2.14. The molecule has 0 nitrogen and oxygen atoms in total. The highest BCUT2D eigenvalue weighted by Crippen LogP contribution is 2.71. The zero-order valence-corrected chi connectivity index (χ0v) is 17.9. The summed E-state index contributed by atoms with van der Waals surface area (Å²) < 4.78 is 0. The molecule has 0 bridgehead atoms. The molecule has 0 saturated heterocycles. The van der Waals surface area contributed by atoms with Crippen molar-refractivity contribution in [2.75, 3.05) is 0 Å². The smallest absolute Gasteiger partial charge is 0.0201 e. The molecular formula is C26H42. The summed E-state index contributed by atoms with van der Waals surface area (Å²) in [5.41, 5.74) is 3.50. The van der Waals surface area contributed by atoms with Crippen LogP contribution in [0.25, 0.3) is 0 Å². The Labute approximate surface area is 162 Å². The van der Waals surface area contributed by atoms with Crippen molar-refractivity contribution in [3.63, 3.8) is 0 Å². The summed E-state index contributed by atoms with van der Waals surface area (Å²) in [5, 5.41) is 0. The molecule has 0 radical (unpaired) electrons. The molecular weight excluding hydrogens is 312 g/mol. The van der Waals surface area contributed by atoms with Gasteiger partial charge in [0.1, 0.15) is 0 Å². The van der Waals surface area contributed by atoms with Crippen LogP contribution in [0.5, 0.6) is 0 Å². The first kappa shape index (κ1) is 17.8. The predicted molar refractivity (Wildman–Crippen MR) is 111 cm³/mol. The van der Waals surface area contributed by atoms with E-state index >= 15 is 0 Å². The van der Waals surface area contributed by atoms with Crippen molar-refractivity contribution in [3.8, 4) is 0 Å². The Kier molecular flexibility index (Phi) is 3.86. The van der Waals surface area contributed by atoms with Gasteiger partial charge in [0.25, 0.3) is 0 Å². The summed E-state index contributed by atoms with van der Waals surface area (Å²) in [7, 11) is 0. The maximum absolute atomic E-state index is 4.45. The van der Waals surface area contributed by atoms with Gasteiger partial charge >= 0.3 is 0 Å². The summed E-state index contributed by atoms with van der Waals surface area (Å²) in [5.74, 6) is 5.83. The van der Waals surface area contributed by atoms with Gasteiger partial charge in [-0.1, -0.05) is 46.3 Å². The second kappa shape index (κ2) is 5.64. The van der Waals surface area contributed by atoms with Gasteiger partial charge in [0.15, 0.2) is 0 Å². The van der Waals surface area contributed by atoms with Crippen LogP contribution in [0.3, 0.4) is 0 Å². The summed E-state index contributed by atoms with van der Waals surface area (Å²) in [6.45, 7) is 15.1. The summed E-state index contributed by atoms with van der Waals surface area (Å²) in [4.78, 5) is 0. The molecule has 5 aliphatic rings. The Hall–Kier alpha value is -0.260. The molecule has 0 amide bonds. The van der Waals surface area contributed by atoms with E-state index in [0.717, 1.165) is 35.5 Å². The van der Waals surface area contributed by atoms with Crippen molar-refractivity contribution in [3.05, 3.63) is 12.2 Å². The molecule has 0 N–H and O–H groups in total. The standard InChI is InChI=1S/C26H42/c1-17-10-15-25(4)20(18(17)2)12-16-26(5)22-11-14-24(3)13-6-7-21(24)19(22)8-9-23(25)26/h18-23H,1,6-16H2,2-5H3. The highest BCUT2D eigenvalue weighted by atomic mass is 14.7. The summed E-state index contributed by atoms with van der Waals surface area (Å²) in [6, 6.07) is 0. The number of hydrogen-bond donors (Lipinski definition) is 0. The van der Waals surface area contributed by atoms with E-state index in [9.17, 15) is 0 Å². The van der Waals surface area contributed by atoms with E-state index in [-0.39, 0.29) is 0 Å². The molecule has 5 rings (SSSR count). The molecule has 0 heterocycles. The van der Waals surface area contributed by atoms with Crippen molar-refractivity contribution in [1.29, 1.82) is 0 Å². The Balaban J connectivity index is 1.48. The molecule has 146 valence electrons. The van der Waals surface area contributed by atoms with Crippen molar-refractivity contribution in [2.45, 2.75) is 98.3 Å². The molecule has 26 heavy (non-hydrogen) atoms. The molecule has 0 aromatic rings. The van der Waals surface area contributed by atoms with E-state index < -0.39 is 0 Å². The number of fused-ring (bicyclic) bond motifs is 7. The van der Waals surface area contributed by atoms with Gasteiger partial charge in [0.2, 0.25) is 0 Å². The van der Waals surface area contributed by atoms with E-state index in [1.807, 2.05) is 0 Å². The van der Waals surface area contributed by atoms with E-state index in [4.69, 9.17) is 0 Å². The number of allylic oxidation sites excluding steroid dienone is 1. The molecule has 0 aromatic heterocycles. The fourth-order valence-electron chi connectivity index (χ4n) is 10.1. The summed E-state index contributed by atoms with van der Waals surface area (Å²) >= 11 is 0. The van der Waals surface area contributed by atoms with Crippen LogP contribution < -0.4 is 0 Å². The average Bonchev–Trinajstić information content (AvgIpc) is 3.00. The van der Waals surface area contributed by atoms with Gasteiger partial charge in [0, 0.05) is 0 Å². The van der Waals surface area contributed by atoms with Crippen LogP contribution in [0, 0.1) is 51.8 Å². The number of rotatable bonds is 0. The monoisotopic (exact) mass is 354 g/mol. The van der Waals surface area contributed by atoms with Gasteiger partial charge in [-0.15, -0.1) is 0 Å². The zero-order chi connectivity index (χ0) is 18.3. The lowest BCUT2D eigenvalue weighted by atomic mass is 9.37. The van der Waals surface area contributed by atoms with Crippen LogP contribution in [0.15, 0.2) is 12.2 Å². The Morgan fingerprint density at radius 1 is 0.769 bits per heavy atom. The number of hydrogen-bond acceptors (Lipinski definition) is 0. The quantitative estimate of drug-likeness (QED) is 0.392. The first-order valence-corrected chi connectivity index (χ1v) is 12.0. The molecule has 0 heteroatoms. The van der Waals surface area contributed by atoms with Gasteiger partial charge in [-0.05, 0) is 116 Å². The summed E-state index contributed by atoms with van der Waals surface area (Å²) in [6.07, 6.45) is 16.5.